The molecule has 0 unspecified atom stereocenters. The number of amides is 1. The van der Waals surface area contributed by atoms with E-state index in [0.717, 1.165) is 66.1 Å². The fourth-order valence-electron chi connectivity index (χ4n) is 3.76. The Kier molecular flexibility index (Phi) is 8.25. The van der Waals surface area contributed by atoms with Crippen LogP contribution in [0.2, 0.25) is 0 Å². The molecule has 1 aliphatic heterocycles. The molecule has 32 heavy (non-hydrogen) atoms. The summed E-state index contributed by atoms with van der Waals surface area (Å²) in [5.74, 6) is 2.12. The molecule has 0 bridgehead atoms. The number of nitrogens with one attached hydrogen (secondary N) is 1. The maximum absolute atomic E-state index is 10.8. The smallest absolute Gasteiger partial charge is 0.209 e. The van der Waals surface area contributed by atoms with Crippen molar-refractivity contribution in [3.8, 4) is 11.5 Å². The predicted octanol–water partition coefficient (Wildman–Crippen LogP) is 4.49. The number of aromatic nitrogens is 2. The van der Waals surface area contributed by atoms with Gasteiger partial charge in [0.1, 0.15) is 17.8 Å². The number of likely N-dealkylation sites (tertiary alicyclic amines) is 1. The SMILES string of the molecule is CNc1ccc(OC(C)C)cc1.COc1ccc2ncnc(C3CCN(C=O)CC3)c2c1. The molecule has 7 heteroatoms. The van der Waals surface area contributed by atoms with Crippen LogP contribution in [-0.4, -0.2) is 54.6 Å². The molecule has 0 spiro atoms. The quantitative estimate of drug-likeness (QED) is 0.574. The van der Waals surface area contributed by atoms with Crippen LogP contribution in [0.4, 0.5) is 5.69 Å². The van der Waals surface area contributed by atoms with Crippen molar-refractivity contribution in [1.29, 1.82) is 0 Å². The molecule has 0 aliphatic carbocycles. The number of nitrogens with zero attached hydrogens (tertiary/aromatic N) is 3. The van der Waals surface area contributed by atoms with E-state index in [-0.39, 0.29) is 6.10 Å². The van der Waals surface area contributed by atoms with Gasteiger partial charge in [-0.2, -0.15) is 0 Å². The lowest BCUT2D eigenvalue weighted by Gasteiger charge is -2.29. The zero-order valence-corrected chi connectivity index (χ0v) is 19.2. The fourth-order valence-corrected chi connectivity index (χ4v) is 3.76. The topological polar surface area (TPSA) is 76.6 Å². The molecule has 170 valence electrons. The van der Waals surface area contributed by atoms with E-state index in [1.54, 1.807) is 13.4 Å². The highest BCUT2D eigenvalue weighted by atomic mass is 16.5. The minimum atomic E-state index is 0.241. The van der Waals surface area contributed by atoms with Gasteiger partial charge in [0.25, 0.3) is 0 Å². The third kappa shape index (κ3) is 6.09. The number of hydrogen-bond donors (Lipinski definition) is 1. The number of rotatable bonds is 6. The number of benzene rings is 2. The number of ether oxygens (including phenoxy) is 2. The molecule has 4 rings (SSSR count). The van der Waals surface area contributed by atoms with Crippen LogP contribution in [0.1, 0.15) is 38.3 Å². The lowest BCUT2D eigenvalue weighted by molar-refractivity contribution is -0.119. The van der Waals surface area contributed by atoms with Crippen LogP contribution < -0.4 is 14.8 Å². The normalized spacial score (nSPS) is 14.0. The highest BCUT2D eigenvalue weighted by Crippen LogP contribution is 2.32. The van der Waals surface area contributed by atoms with Crippen molar-refractivity contribution in [2.75, 3.05) is 32.6 Å². The molecule has 2 heterocycles. The summed E-state index contributed by atoms with van der Waals surface area (Å²) < 4.78 is 10.8. The van der Waals surface area contributed by atoms with Crippen molar-refractivity contribution in [3.63, 3.8) is 0 Å². The van der Waals surface area contributed by atoms with Gasteiger partial charge < -0.3 is 19.7 Å². The molecule has 0 saturated carbocycles. The number of methoxy groups -OCH3 is 1. The minimum absolute atomic E-state index is 0.241. The van der Waals surface area contributed by atoms with Crippen LogP contribution in [0, 0.1) is 0 Å². The third-order valence-electron chi connectivity index (χ3n) is 5.45. The molecule has 1 aliphatic rings. The van der Waals surface area contributed by atoms with Gasteiger partial charge in [0, 0.05) is 37.1 Å². The summed E-state index contributed by atoms with van der Waals surface area (Å²) in [7, 11) is 3.56. The van der Waals surface area contributed by atoms with E-state index in [2.05, 4.69) is 15.3 Å². The Balaban J connectivity index is 0.000000207. The Labute approximate surface area is 189 Å². The summed E-state index contributed by atoms with van der Waals surface area (Å²) in [6.45, 7) is 5.63. The van der Waals surface area contributed by atoms with Crippen LogP contribution in [0.15, 0.2) is 48.8 Å². The highest BCUT2D eigenvalue weighted by Gasteiger charge is 2.22. The number of piperidine rings is 1. The summed E-state index contributed by atoms with van der Waals surface area (Å²) in [5.41, 5.74) is 3.11. The number of fused-ring (bicyclic) bond motifs is 1. The largest absolute Gasteiger partial charge is 0.497 e. The van der Waals surface area contributed by atoms with Crippen LogP contribution in [-0.2, 0) is 4.79 Å². The first-order valence-corrected chi connectivity index (χ1v) is 11.0. The fraction of sp³-hybridized carbons (Fsp3) is 0.400. The molecule has 0 radical (unpaired) electrons. The number of hydrogen-bond acceptors (Lipinski definition) is 6. The van der Waals surface area contributed by atoms with Gasteiger partial charge in [-0.1, -0.05) is 0 Å². The van der Waals surface area contributed by atoms with Crippen molar-refractivity contribution >= 4 is 23.0 Å². The van der Waals surface area contributed by atoms with Gasteiger partial charge in [0.2, 0.25) is 6.41 Å². The predicted molar refractivity (Wildman–Crippen MR) is 127 cm³/mol. The summed E-state index contributed by atoms with van der Waals surface area (Å²) >= 11 is 0. The van der Waals surface area contributed by atoms with E-state index in [1.165, 1.54) is 0 Å². The highest BCUT2D eigenvalue weighted by molar-refractivity contribution is 5.82. The average Bonchev–Trinajstić information content (AvgIpc) is 2.84. The second-order valence-corrected chi connectivity index (χ2v) is 8.00. The second kappa shape index (κ2) is 11.3. The van der Waals surface area contributed by atoms with E-state index < -0.39 is 0 Å². The average molecular weight is 437 g/mol. The standard InChI is InChI=1S/C15H17N3O2.C10H15NO/c1-20-12-2-3-14-13(8-12)15(17-9-16-14)11-4-6-18(10-19)7-5-11;1-8(2)12-10-6-4-9(11-3)5-7-10/h2-3,8-11H,4-7H2,1H3;4-8,11H,1-3H3. The van der Waals surface area contributed by atoms with Crippen LogP contribution >= 0.6 is 0 Å². The van der Waals surface area contributed by atoms with Crippen LogP contribution in [0.5, 0.6) is 11.5 Å². The number of carbonyl (C=O) groups excluding carboxylic acids is 1. The first kappa shape index (κ1) is 23.3. The minimum Gasteiger partial charge on any atom is -0.497 e. The van der Waals surface area contributed by atoms with Crippen LogP contribution in [0.25, 0.3) is 10.9 Å². The first-order valence-electron chi connectivity index (χ1n) is 11.0. The molecule has 7 nitrogen and oxygen atoms in total. The van der Waals surface area contributed by atoms with E-state index in [4.69, 9.17) is 9.47 Å². The first-order chi connectivity index (χ1) is 15.5. The van der Waals surface area contributed by atoms with Crippen LogP contribution in [0.3, 0.4) is 0 Å². The second-order valence-electron chi connectivity index (χ2n) is 8.00. The molecule has 3 aromatic rings. The molecule has 1 N–H and O–H groups in total. The third-order valence-corrected chi connectivity index (χ3v) is 5.45. The number of carbonyl (C=O) groups is 1. The molecule has 1 fully saturated rings. The molecular weight excluding hydrogens is 404 g/mol. The lowest BCUT2D eigenvalue weighted by Crippen LogP contribution is -2.31. The maximum Gasteiger partial charge on any atom is 0.209 e. The van der Waals surface area contributed by atoms with Crippen molar-refractivity contribution < 1.29 is 14.3 Å². The molecule has 1 amide bonds. The zero-order valence-electron chi connectivity index (χ0n) is 19.2. The summed E-state index contributed by atoms with van der Waals surface area (Å²) in [4.78, 5) is 21.4. The van der Waals surface area contributed by atoms with E-state index in [9.17, 15) is 4.79 Å². The van der Waals surface area contributed by atoms with E-state index in [1.807, 2.05) is 68.3 Å². The summed E-state index contributed by atoms with van der Waals surface area (Å²) in [6, 6.07) is 13.8. The Bertz CT molecular complexity index is 1000. The molecular formula is C25H32N4O3. The van der Waals surface area contributed by atoms with E-state index in [0.29, 0.717) is 5.92 Å². The van der Waals surface area contributed by atoms with Gasteiger partial charge in [-0.15, -0.1) is 0 Å². The molecule has 1 aromatic heterocycles. The van der Waals surface area contributed by atoms with Gasteiger partial charge in [0.15, 0.2) is 0 Å². The summed E-state index contributed by atoms with van der Waals surface area (Å²) in [5, 5.41) is 4.10. The zero-order chi connectivity index (χ0) is 22.9. The van der Waals surface area contributed by atoms with Crippen molar-refractivity contribution in [2.45, 2.75) is 38.7 Å². The van der Waals surface area contributed by atoms with Crippen molar-refractivity contribution in [3.05, 3.63) is 54.5 Å². The Morgan fingerprint density at radius 1 is 1.06 bits per heavy atom. The van der Waals surface area contributed by atoms with Gasteiger partial charge in [-0.05, 0) is 69.2 Å². The van der Waals surface area contributed by atoms with Gasteiger partial charge in [-0.3, -0.25) is 4.79 Å². The van der Waals surface area contributed by atoms with Crippen molar-refractivity contribution in [1.82, 2.24) is 14.9 Å². The molecule has 2 aromatic carbocycles. The Hall–Kier alpha value is -3.35. The Morgan fingerprint density at radius 2 is 1.75 bits per heavy atom. The van der Waals surface area contributed by atoms with Crippen molar-refractivity contribution in [2.24, 2.45) is 0 Å². The van der Waals surface area contributed by atoms with Gasteiger partial charge >= 0.3 is 0 Å². The maximum atomic E-state index is 10.8. The number of anilines is 1. The summed E-state index contributed by atoms with van der Waals surface area (Å²) in [6.07, 6.45) is 4.68. The van der Waals surface area contributed by atoms with Gasteiger partial charge in [-0.25, -0.2) is 9.97 Å². The monoisotopic (exact) mass is 436 g/mol. The molecule has 1 saturated heterocycles. The van der Waals surface area contributed by atoms with E-state index >= 15 is 0 Å². The van der Waals surface area contributed by atoms with Gasteiger partial charge in [0.05, 0.1) is 24.4 Å². The Morgan fingerprint density at radius 3 is 2.34 bits per heavy atom. The lowest BCUT2D eigenvalue weighted by atomic mass is 9.91. The molecule has 0 atom stereocenters.